The summed E-state index contributed by atoms with van der Waals surface area (Å²) in [4.78, 5) is 0. The second-order valence-electron chi connectivity index (χ2n) is 4.20. The fourth-order valence-corrected chi connectivity index (χ4v) is 2.86. The van der Waals surface area contributed by atoms with E-state index in [1.54, 1.807) is 0 Å². The Kier molecular flexibility index (Phi) is 4.25. The van der Waals surface area contributed by atoms with Gasteiger partial charge < -0.3 is 5.73 Å². The molecule has 1 atom stereocenters. The van der Waals surface area contributed by atoms with Crippen LogP contribution >= 0.6 is 31.9 Å². The zero-order valence-electron chi connectivity index (χ0n) is 10.3. The van der Waals surface area contributed by atoms with Gasteiger partial charge in [-0.05, 0) is 41.4 Å². The second-order valence-corrected chi connectivity index (χ2v) is 5.85. The number of hydrogen-bond acceptors (Lipinski definition) is 2. The SMILES string of the molecule is Cc1nn(C(CN)c2ccccc2Br)c(C)c1Br. The van der Waals surface area contributed by atoms with Crippen LogP contribution in [0.5, 0.6) is 0 Å². The highest BCUT2D eigenvalue weighted by Crippen LogP contribution is 2.29. The molecule has 1 aromatic carbocycles. The monoisotopic (exact) mass is 371 g/mol. The van der Waals surface area contributed by atoms with Gasteiger partial charge in [0, 0.05) is 11.0 Å². The first-order valence-corrected chi connectivity index (χ1v) is 7.30. The Morgan fingerprint density at radius 2 is 1.94 bits per heavy atom. The molecule has 3 nitrogen and oxygen atoms in total. The second kappa shape index (κ2) is 5.55. The predicted octanol–water partition coefficient (Wildman–Crippen LogP) is 3.57. The van der Waals surface area contributed by atoms with Gasteiger partial charge in [-0.25, -0.2) is 0 Å². The van der Waals surface area contributed by atoms with Gasteiger partial charge >= 0.3 is 0 Å². The number of halogens is 2. The van der Waals surface area contributed by atoms with Crippen molar-refractivity contribution in [2.75, 3.05) is 6.54 Å². The lowest BCUT2D eigenvalue weighted by atomic mass is 10.1. The van der Waals surface area contributed by atoms with E-state index in [4.69, 9.17) is 5.73 Å². The molecule has 0 radical (unpaired) electrons. The van der Waals surface area contributed by atoms with Crippen LogP contribution in [0.3, 0.4) is 0 Å². The first-order chi connectivity index (χ1) is 8.56. The highest BCUT2D eigenvalue weighted by atomic mass is 79.9. The van der Waals surface area contributed by atoms with Crippen LogP contribution in [-0.4, -0.2) is 16.3 Å². The first-order valence-electron chi connectivity index (χ1n) is 5.72. The maximum atomic E-state index is 5.94. The average molecular weight is 373 g/mol. The zero-order valence-corrected chi connectivity index (χ0v) is 13.5. The summed E-state index contributed by atoms with van der Waals surface area (Å²) in [6, 6.07) is 8.16. The molecule has 96 valence electrons. The van der Waals surface area contributed by atoms with Gasteiger partial charge in [0.05, 0.1) is 21.9 Å². The Hall–Kier alpha value is -0.650. The summed E-state index contributed by atoms with van der Waals surface area (Å²) in [6.45, 7) is 4.54. The van der Waals surface area contributed by atoms with E-state index in [-0.39, 0.29) is 6.04 Å². The van der Waals surface area contributed by atoms with Gasteiger partial charge in [0.15, 0.2) is 0 Å². The molecular formula is C13H15Br2N3. The zero-order chi connectivity index (χ0) is 13.3. The van der Waals surface area contributed by atoms with Gasteiger partial charge in [0.25, 0.3) is 0 Å². The van der Waals surface area contributed by atoms with Gasteiger partial charge in [-0.1, -0.05) is 34.1 Å². The van der Waals surface area contributed by atoms with Gasteiger partial charge in [-0.2, -0.15) is 5.10 Å². The van der Waals surface area contributed by atoms with E-state index in [9.17, 15) is 0 Å². The molecule has 0 saturated carbocycles. The van der Waals surface area contributed by atoms with Crippen molar-refractivity contribution in [2.45, 2.75) is 19.9 Å². The van der Waals surface area contributed by atoms with E-state index in [1.807, 2.05) is 36.7 Å². The molecule has 1 heterocycles. The average Bonchev–Trinajstić information content (AvgIpc) is 2.61. The summed E-state index contributed by atoms with van der Waals surface area (Å²) in [6.07, 6.45) is 0. The van der Waals surface area contributed by atoms with Crippen LogP contribution in [0.1, 0.15) is 23.0 Å². The van der Waals surface area contributed by atoms with E-state index >= 15 is 0 Å². The Bertz CT molecular complexity index is 563. The number of rotatable bonds is 3. The number of benzene rings is 1. The summed E-state index contributed by atoms with van der Waals surface area (Å²) < 4.78 is 4.09. The molecule has 0 aliphatic carbocycles. The molecule has 0 aliphatic rings. The normalized spacial score (nSPS) is 12.7. The van der Waals surface area contributed by atoms with Gasteiger partial charge in [0.1, 0.15) is 0 Å². The molecule has 5 heteroatoms. The summed E-state index contributed by atoms with van der Waals surface area (Å²) in [5.74, 6) is 0. The summed E-state index contributed by atoms with van der Waals surface area (Å²) in [7, 11) is 0. The highest BCUT2D eigenvalue weighted by Gasteiger charge is 2.19. The fourth-order valence-electron chi connectivity index (χ4n) is 2.05. The smallest absolute Gasteiger partial charge is 0.0905 e. The minimum Gasteiger partial charge on any atom is -0.328 e. The topological polar surface area (TPSA) is 43.8 Å². The van der Waals surface area contributed by atoms with Crippen molar-refractivity contribution in [3.05, 3.63) is 50.2 Å². The lowest BCUT2D eigenvalue weighted by molar-refractivity contribution is 0.515. The molecule has 0 fully saturated rings. The summed E-state index contributed by atoms with van der Waals surface area (Å²) in [5, 5.41) is 4.57. The lowest BCUT2D eigenvalue weighted by Crippen LogP contribution is -2.23. The third-order valence-electron chi connectivity index (χ3n) is 3.02. The third-order valence-corrected chi connectivity index (χ3v) is 4.89. The van der Waals surface area contributed by atoms with Gasteiger partial charge in [0.2, 0.25) is 0 Å². The molecule has 1 aromatic heterocycles. The first kappa shape index (κ1) is 13.8. The van der Waals surface area contributed by atoms with Crippen molar-refractivity contribution in [2.24, 2.45) is 5.73 Å². The Balaban J connectivity index is 2.52. The molecule has 0 amide bonds. The molecule has 0 spiro atoms. The van der Waals surface area contributed by atoms with Crippen LogP contribution < -0.4 is 5.73 Å². The molecule has 18 heavy (non-hydrogen) atoms. The predicted molar refractivity (Wildman–Crippen MR) is 80.7 cm³/mol. The largest absolute Gasteiger partial charge is 0.328 e. The Morgan fingerprint density at radius 1 is 1.28 bits per heavy atom. The molecule has 0 bridgehead atoms. The molecular weight excluding hydrogens is 358 g/mol. The van der Waals surface area contributed by atoms with Crippen LogP contribution in [0.15, 0.2) is 33.2 Å². The van der Waals surface area contributed by atoms with Crippen molar-refractivity contribution in [1.82, 2.24) is 9.78 Å². The van der Waals surface area contributed by atoms with E-state index in [0.717, 1.165) is 25.9 Å². The maximum absolute atomic E-state index is 5.94. The number of aryl methyl sites for hydroxylation is 1. The molecule has 0 saturated heterocycles. The van der Waals surface area contributed by atoms with E-state index in [2.05, 4.69) is 43.0 Å². The number of aromatic nitrogens is 2. The van der Waals surface area contributed by atoms with Crippen molar-refractivity contribution in [1.29, 1.82) is 0 Å². The van der Waals surface area contributed by atoms with Crippen LogP contribution in [0.25, 0.3) is 0 Å². The minimum absolute atomic E-state index is 0.0468. The molecule has 2 N–H and O–H groups in total. The highest BCUT2D eigenvalue weighted by molar-refractivity contribution is 9.10. The van der Waals surface area contributed by atoms with Gasteiger partial charge in [-0.15, -0.1) is 0 Å². The van der Waals surface area contributed by atoms with Crippen molar-refractivity contribution < 1.29 is 0 Å². The van der Waals surface area contributed by atoms with Crippen LogP contribution in [-0.2, 0) is 0 Å². The number of hydrogen-bond donors (Lipinski definition) is 1. The number of nitrogens with zero attached hydrogens (tertiary/aromatic N) is 2. The molecule has 0 aliphatic heterocycles. The molecule has 2 aromatic rings. The minimum atomic E-state index is 0.0468. The molecule has 2 rings (SSSR count). The van der Waals surface area contributed by atoms with E-state index in [1.165, 1.54) is 0 Å². The standard InChI is InChI=1S/C13H15Br2N3/c1-8-13(15)9(2)18(17-8)12(7-16)10-5-3-4-6-11(10)14/h3-6,12H,7,16H2,1-2H3. The van der Waals surface area contributed by atoms with Crippen molar-refractivity contribution in [3.63, 3.8) is 0 Å². The van der Waals surface area contributed by atoms with Crippen molar-refractivity contribution in [3.8, 4) is 0 Å². The van der Waals surface area contributed by atoms with Crippen LogP contribution in [0, 0.1) is 13.8 Å². The maximum Gasteiger partial charge on any atom is 0.0905 e. The van der Waals surface area contributed by atoms with Crippen LogP contribution in [0.2, 0.25) is 0 Å². The fraction of sp³-hybridized carbons (Fsp3) is 0.308. The molecule has 1 unspecified atom stereocenters. The summed E-state index contributed by atoms with van der Waals surface area (Å²) >= 11 is 7.13. The van der Waals surface area contributed by atoms with Crippen molar-refractivity contribution >= 4 is 31.9 Å². The Labute approximate surface area is 124 Å². The van der Waals surface area contributed by atoms with E-state index in [0.29, 0.717) is 6.54 Å². The Morgan fingerprint density at radius 3 is 2.44 bits per heavy atom. The lowest BCUT2D eigenvalue weighted by Gasteiger charge is -2.19. The van der Waals surface area contributed by atoms with Crippen LogP contribution in [0.4, 0.5) is 0 Å². The number of nitrogens with two attached hydrogens (primary N) is 1. The quantitative estimate of drug-likeness (QED) is 0.894. The van der Waals surface area contributed by atoms with Gasteiger partial charge in [-0.3, -0.25) is 4.68 Å². The third kappa shape index (κ3) is 2.39. The van der Waals surface area contributed by atoms with E-state index < -0.39 is 0 Å². The summed E-state index contributed by atoms with van der Waals surface area (Å²) in [5.41, 5.74) is 9.17.